The first-order valence-corrected chi connectivity index (χ1v) is 9.41. The Morgan fingerprint density at radius 2 is 1.55 bits per heavy atom. The van der Waals surface area contributed by atoms with Gasteiger partial charge < -0.3 is 21.1 Å². The number of hydrogen-bond donors (Lipinski definition) is 3. The summed E-state index contributed by atoms with van der Waals surface area (Å²) in [5.74, 6) is -0.859. The van der Waals surface area contributed by atoms with E-state index in [0.717, 1.165) is 11.1 Å². The molecule has 0 aliphatic rings. The minimum absolute atomic E-state index is 0.0596. The average molecular weight is 418 g/mol. The number of urea groups is 1. The van der Waals surface area contributed by atoms with Gasteiger partial charge in [-0.1, -0.05) is 54.1 Å². The number of methoxy groups -OCH3 is 1. The largest absolute Gasteiger partial charge is 0.469 e. The molecule has 8 heteroatoms. The molecule has 0 heterocycles. The number of esters is 1. The number of nitrogens with two attached hydrogens (primary N) is 1. The minimum Gasteiger partial charge on any atom is -0.469 e. The van der Waals surface area contributed by atoms with Crippen LogP contribution in [-0.4, -0.2) is 25.0 Å². The maximum absolute atomic E-state index is 12.8. The van der Waals surface area contributed by atoms with Crippen molar-refractivity contribution < 1.29 is 19.1 Å². The van der Waals surface area contributed by atoms with E-state index in [9.17, 15) is 14.4 Å². The van der Waals surface area contributed by atoms with E-state index in [1.165, 1.54) is 7.11 Å². The molecule has 0 bridgehead atoms. The maximum Gasteiger partial charge on any atom is 0.312 e. The topological polar surface area (TPSA) is 111 Å². The monoisotopic (exact) mass is 417 g/mol. The summed E-state index contributed by atoms with van der Waals surface area (Å²) in [6.07, 6.45) is -0.139. The molecule has 0 aliphatic carbocycles. The molecule has 0 fully saturated rings. The number of amides is 3. The van der Waals surface area contributed by atoms with Gasteiger partial charge in [0.1, 0.15) is 0 Å². The normalized spacial score (nSPS) is 12.5. The summed E-state index contributed by atoms with van der Waals surface area (Å²) in [7, 11) is 1.28. The van der Waals surface area contributed by atoms with Crippen molar-refractivity contribution in [3.63, 3.8) is 0 Å². The highest BCUT2D eigenvalue weighted by Gasteiger charge is 2.24. The molecule has 0 spiro atoms. The molecule has 0 aliphatic heterocycles. The zero-order chi connectivity index (χ0) is 21.4. The van der Waals surface area contributed by atoms with Crippen LogP contribution >= 0.6 is 11.6 Å². The number of carbonyl (C=O) groups is 3. The number of rotatable bonds is 8. The van der Waals surface area contributed by atoms with Gasteiger partial charge in [-0.3, -0.25) is 9.59 Å². The first-order valence-electron chi connectivity index (χ1n) is 9.04. The highest BCUT2D eigenvalue weighted by Crippen LogP contribution is 2.27. The lowest BCUT2D eigenvalue weighted by atomic mass is 9.97. The van der Waals surface area contributed by atoms with Crippen LogP contribution in [0.1, 0.15) is 41.6 Å². The molecule has 0 radical (unpaired) electrons. The van der Waals surface area contributed by atoms with Gasteiger partial charge >= 0.3 is 12.0 Å². The molecule has 2 aromatic carbocycles. The number of benzene rings is 2. The maximum atomic E-state index is 12.8. The van der Waals surface area contributed by atoms with Crippen LogP contribution in [-0.2, 0) is 14.3 Å². The van der Waals surface area contributed by atoms with Crippen molar-refractivity contribution in [2.45, 2.75) is 31.8 Å². The molecule has 0 unspecified atom stereocenters. The van der Waals surface area contributed by atoms with E-state index < -0.39 is 24.1 Å². The fraction of sp³-hybridized carbons (Fsp3) is 0.286. The van der Waals surface area contributed by atoms with Gasteiger partial charge in [0.2, 0.25) is 5.91 Å². The molecule has 0 aromatic heterocycles. The molecule has 3 amide bonds. The Balaban J connectivity index is 2.22. The van der Waals surface area contributed by atoms with E-state index in [-0.39, 0.29) is 18.7 Å². The van der Waals surface area contributed by atoms with E-state index >= 15 is 0 Å². The Hall–Kier alpha value is -3.06. The number of carbonyl (C=O) groups excluding carboxylic acids is 3. The summed E-state index contributed by atoms with van der Waals surface area (Å²) in [4.78, 5) is 36.1. The first-order chi connectivity index (χ1) is 13.8. The van der Waals surface area contributed by atoms with E-state index in [0.29, 0.717) is 10.6 Å². The van der Waals surface area contributed by atoms with Gasteiger partial charge in [0.15, 0.2) is 0 Å². The molecule has 7 nitrogen and oxygen atoms in total. The molecular formula is C21H24ClN3O4. The Labute approximate surface area is 174 Å². The molecule has 29 heavy (non-hydrogen) atoms. The van der Waals surface area contributed by atoms with Crippen molar-refractivity contribution in [1.29, 1.82) is 0 Å². The highest BCUT2D eigenvalue weighted by molar-refractivity contribution is 6.31. The van der Waals surface area contributed by atoms with E-state index in [4.69, 9.17) is 22.1 Å². The van der Waals surface area contributed by atoms with Crippen LogP contribution < -0.4 is 16.4 Å². The SMILES string of the molecule is COC(=O)C[C@H](NC(=O)C[C@@H](NC(N)=O)c1ccccc1C)c1ccccc1Cl. The highest BCUT2D eigenvalue weighted by atomic mass is 35.5. The average Bonchev–Trinajstić information content (AvgIpc) is 2.67. The summed E-state index contributed by atoms with van der Waals surface area (Å²) in [5, 5.41) is 5.84. The Kier molecular flexibility index (Phi) is 8.03. The summed E-state index contributed by atoms with van der Waals surface area (Å²) < 4.78 is 4.74. The second-order valence-corrected chi connectivity index (χ2v) is 6.95. The molecule has 2 aromatic rings. The summed E-state index contributed by atoms with van der Waals surface area (Å²) >= 11 is 6.24. The number of halogens is 1. The van der Waals surface area contributed by atoms with E-state index in [1.807, 2.05) is 31.2 Å². The number of ether oxygens (including phenoxy) is 1. The summed E-state index contributed by atoms with van der Waals surface area (Å²) in [5.41, 5.74) is 7.59. The smallest absolute Gasteiger partial charge is 0.312 e. The van der Waals surface area contributed by atoms with Crippen molar-refractivity contribution >= 4 is 29.5 Å². The second-order valence-electron chi connectivity index (χ2n) is 6.54. The van der Waals surface area contributed by atoms with Gasteiger partial charge in [0.05, 0.1) is 32.0 Å². The van der Waals surface area contributed by atoms with Crippen molar-refractivity contribution in [1.82, 2.24) is 10.6 Å². The minimum atomic E-state index is -0.733. The summed E-state index contributed by atoms with van der Waals surface area (Å²) in [6.45, 7) is 1.88. The van der Waals surface area contributed by atoms with Gasteiger partial charge in [-0.15, -0.1) is 0 Å². The lowest BCUT2D eigenvalue weighted by Crippen LogP contribution is -2.38. The predicted molar refractivity (Wildman–Crippen MR) is 110 cm³/mol. The second kappa shape index (κ2) is 10.5. The van der Waals surface area contributed by atoms with Crippen molar-refractivity contribution in [2.75, 3.05) is 7.11 Å². The first kappa shape index (κ1) is 22.2. The third-order valence-corrected chi connectivity index (χ3v) is 4.83. The van der Waals surface area contributed by atoms with Crippen LogP contribution in [0.3, 0.4) is 0 Å². The van der Waals surface area contributed by atoms with Gasteiger partial charge in [-0.2, -0.15) is 0 Å². The van der Waals surface area contributed by atoms with Gasteiger partial charge in [0.25, 0.3) is 0 Å². The van der Waals surface area contributed by atoms with Crippen LogP contribution in [0.25, 0.3) is 0 Å². The van der Waals surface area contributed by atoms with Crippen molar-refractivity contribution in [3.8, 4) is 0 Å². The number of aryl methyl sites for hydroxylation is 1. The molecular weight excluding hydrogens is 394 g/mol. The molecule has 2 atom stereocenters. The Bertz CT molecular complexity index is 888. The quantitative estimate of drug-likeness (QED) is 0.573. The number of hydrogen-bond acceptors (Lipinski definition) is 4. The van der Waals surface area contributed by atoms with E-state index in [1.54, 1.807) is 24.3 Å². The molecule has 2 rings (SSSR count). The third-order valence-electron chi connectivity index (χ3n) is 4.48. The van der Waals surface area contributed by atoms with Crippen LogP contribution in [0.2, 0.25) is 5.02 Å². The lowest BCUT2D eigenvalue weighted by molar-refractivity contribution is -0.141. The van der Waals surface area contributed by atoms with Crippen LogP contribution in [0.5, 0.6) is 0 Å². The fourth-order valence-corrected chi connectivity index (χ4v) is 3.34. The standard InChI is InChI=1S/C21H24ClN3O4/c1-13-7-3-4-8-14(13)17(25-21(23)28)11-19(26)24-18(12-20(27)29-2)15-9-5-6-10-16(15)22/h3-10,17-18H,11-12H2,1-2H3,(H,24,26)(H3,23,25,28)/t17-,18+/m1/s1. The van der Waals surface area contributed by atoms with Crippen LogP contribution in [0, 0.1) is 6.92 Å². The molecule has 154 valence electrons. The van der Waals surface area contributed by atoms with Crippen LogP contribution in [0.15, 0.2) is 48.5 Å². The Morgan fingerprint density at radius 3 is 2.14 bits per heavy atom. The van der Waals surface area contributed by atoms with Gasteiger partial charge in [-0.25, -0.2) is 4.79 Å². The zero-order valence-corrected chi connectivity index (χ0v) is 17.0. The summed E-state index contributed by atoms with van der Waals surface area (Å²) in [6, 6.07) is 12.3. The van der Waals surface area contributed by atoms with Gasteiger partial charge in [-0.05, 0) is 29.7 Å². The molecule has 0 saturated carbocycles. The molecule has 0 saturated heterocycles. The Morgan fingerprint density at radius 1 is 0.966 bits per heavy atom. The zero-order valence-electron chi connectivity index (χ0n) is 16.3. The van der Waals surface area contributed by atoms with E-state index in [2.05, 4.69) is 10.6 Å². The lowest BCUT2D eigenvalue weighted by Gasteiger charge is -2.23. The fourth-order valence-electron chi connectivity index (χ4n) is 3.07. The predicted octanol–water partition coefficient (Wildman–Crippen LogP) is 3.17. The van der Waals surface area contributed by atoms with Gasteiger partial charge in [0, 0.05) is 5.02 Å². The number of nitrogens with one attached hydrogen (secondary N) is 2. The third kappa shape index (κ3) is 6.50. The van der Waals surface area contributed by atoms with Crippen LogP contribution in [0.4, 0.5) is 4.79 Å². The van der Waals surface area contributed by atoms with Crippen molar-refractivity contribution in [3.05, 3.63) is 70.2 Å². The van der Waals surface area contributed by atoms with Crippen molar-refractivity contribution in [2.24, 2.45) is 5.73 Å². The number of primary amides is 1. The molecule has 4 N–H and O–H groups in total.